The maximum atomic E-state index is 12.8. The first-order valence-corrected chi connectivity index (χ1v) is 9.48. The van der Waals surface area contributed by atoms with E-state index in [9.17, 15) is 4.79 Å². The number of fused-ring (bicyclic) bond motifs is 4. The van der Waals surface area contributed by atoms with Gasteiger partial charge in [-0.3, -0.25) is 4.79 Å². The maximum absolute atomic E-state index is 12.8. The molecule has 0 spiro atoms. The average molecular weight is 324 g/mol. The van der Waals surface area contributed by atoms with Gasteiger partial charge in [-0.1, -0.05) is 42.4 Å². The molecule has 0 bridgehead atoms. The van der Waals surface area contributed by atoms with E-state index < -0.39 is 0 Å². The minimum absolute atomic E-state index is 0.0152. The summed E-state index contributed by atoms with van der Waals surface area (Å²) in [4.78, 5) is 12.8. The molecule has 24 heavy (non-hydrogen) atoms. The number of hydrogen-bond donors (Lipinski definition) is 0. The second-order valence-corrected chi connectivity index (χ2v) is 8.19. The summed E-state index contributed by atoms with van der Waals surface area (Å²) in [7, 11) is 0. The van der Waals surface area contributed by atoms with Crippen LogP contribution < -0.4 is 0 Å². The molecule has 0 fully saturated rings. The van der Waals surface area contributed by atoms with Crippen LogP contribution in [0, 0.1) is 16.7 Å². The quantitative estimate of drug-likeness (QED) is 0.510. The van der Waals surface area contributed by atoms with E-state index >= 15 is 0 Å². The largest absolute Gasteiger partial charge is 0.466 e. The highest BCUT2D eigenvalue weighted by Crippen LogP contribution is 2.61. The van der Waals surface area contributed by atoms with Crippen LogP contribution in [-0.2, 0) is 9.53 Å². The molecule has 2 heteroatoms. The van der Waals surface area contributed by atoms with Gasteiger partial charge in [0.15, 0.2) is 0 Å². The van der Waals surface area contributed by atoms with Gasteiger partial charge in [0.1, 0.15) is 0 Å². The second kappa shape index (κ2) is 5.47. The first-order valence-electron chi connectivity index (χ1n) is 9.48. The fourth-order valence-electron chi connectivity index (χ4n) is 5.44. The molecule has 0 aromatic carbocycles. The predicted molar refractivity (Wildman–Crippen MR) is 96.4 cm³/mol. The number of rotatable bonds is 2. The Morgan fingerprint density at radius 3 is 2.92 bits per heavy atom. The first-order chi connectivity index (χ1) is 11.5. The van der Waals surface area contributed by atoms with Crippen LogP contribution in [0.25, 0.3) is 0 Å². The zero-order valence-corrected chi connectivity index (χ0v) is 15.2. The Morgan fingerprint density at radius 2 is 2.12 bits per heavy atom. The van der Waals surface area contributed by atoms with Crippen molar-refractivity contribution >= 4 is 5.97 Å². The number of esters is 1. The number of carbonyl (C=O) groups is 1. The fourth-order valence-corrected chi connectivity index (χ4v) is 5.44. The highest BCUT2D eigenvalue weighted by atomic mass is 16.5. The summed E-state index contributed by atoms with van der Waals surface area (Å²) in [5, 5.41) is 0. The molecule has 4 rings (SSSR count). The number of hydrogen-bond acceptors (Lipinski definition) is 2. The highest BCUT2D eigenvalue weighted by Gasteiger charge is 2.50. The third kappa shape index (κ3) is 2.11. The normalized spacial score (nSPS) is 37.2. The van der Waals surface area contributed by atoms with Gasteiger partial charge in [0.05, 0.1) is 12.5 Å². The van der Waals surface area contributed by atoms with Crippen LogP contribution in [0.4, 0.5) is 0 Å². The van der Waals surface area contributed by atoms with Gasteiger partial charge in [0, 0.05) is 5.41 Å². The molecule has 0 N–H and O–H groups in total. The Kier molecular flexibility index (Phi) is 3.63. The summed E-state index contributed by atoms with van der Waals surface area (Å²) >= 11 is 0. The zero-order valence-electron chi connectivity index (χ0n) is 15.2. The molecule has 0 saturated heterocycles. The van der Waals surface area contributed by atoms with Crippen molar-refractivity contribution in [1.82, 2.24) is 0 Å². The smallest absolute Gasteiger partial charge is 0.313 e. The van der Waals surface area contributed by atoms with E-state index in [2.05, 4.69) is 38.2 Å². The Labute approximate surface area is 145 Å². The first kappa shape index (κ1) is 15.9. The second-order valence-electron chi connectivity index (χ2n) is 8.19. The Bertz CT molecular complexity index is 705. The van der Waals surface area contributed by atoms with E-state index in [0.29, 0.717) is 6.61 Å². The monoisotopic (exact) mass is 324 g/mol. The summed E-state index contributed by atoms with van der Waals surface area (Å²) in [5.41, 5.74) is 5.98. The molecule has 0 heterocycles. The molecule has 0 aliphatic heterocycles. The van der Waals surface area contributed by atoms with E-state index in [-0.39, 0.29) is 22.7 Å². The molecule has 128 valence electrons. The molecule has 0 amide bonds. The standard InChI is InChI=1S/C22H28O2/c1-4-24-20(23)16-14-15-8-5-6-12-22(15,3)18-10-13-21(2)11-7-9-17(21)19(16)18/h6,8-9,12,16H,4-5,7,10-11,13-14H2,1-3H3/t16-,21+,22+/m1/s1. The van der Waals surface area contributed by atoms with Crippen LogP contribution in [0.15, 0.2) is 46.6 Å². The van der Waals surface area contributed by atoms with Crippen LogP contribution in [-0.4, -0.2) is 12.6 Å². The predicted octanol–water partition coefficient (Wildman–Crippen LogP) is 5.28. The van der Waals surface area contributed by atoms with E-state index in [4.69, 9.17) is 4.74 Å². The Balaban J connectivity index is 1.89. The van der Waals surface area contributed by atoms with Crippen molar-refractivity contribution in [1.29, 1.82) is 0 Å². The van der Waals surface area contributed by atoms with Crippen molar-refractivity contribution < 1.29 is 9.53 Å². The Hall–Kier alpha value is -1.57. The van der Waals surface area contributed by atoms with Gasteiger partial charge >= 0.3 is 5.97 Å². The summed E-state index contributed by atoms with van der Waals surface area (Å²) in [6.45, 7) is 7.11. The van der Waals surface area contributed by atoms with Gasteiger partial charge in [0.25, 0.3) is 0 Å². The van der Waals surface area contributed by atoms with Gasteiger partial charge in [-0.05, 0) is 68.9 Å². The van der Waals surface area contributed by atoms with E-state index in [1.54, 1.807) is 0 Å². The van der Waals surface area contributed by atoms with Gasteiger partial charge in [-0.25, -0.2) is 0 Å². The molecule has 0 radical (unpaired) electrons. The van der Waals surface area contributed by atoms with Crippen LogP contribution in [0.5, 0.6) is 0 Å². The molecular weight excluding hydrogens is 296 g/mol. The summed E-state index contributed by atoms with van der Waals surface area (Å²) in [6, 6.07) is 0. The lowest BCUT2D eigenvalue weighted by Crippen LogP contribution is -2.39. The maximum Gasteiger partial charge on any atom is 0.313 e. The summed E-state index contributed by atoms with van der Waals surface area (Å²) in [6.07, 6.45) is 15.9. The van der Waals surface area contributed by atoms with Crippen LogP contribution in [0.2, 0.25) is 0 Å². The summed E-state index contributed by atoms with van der Waals surface area (Å²) < 4.78 is 5.48. The van der Waals surface area contributed by atoms with Crippen molar-refractivity contribution in [2.24, 2.45) is 16.7 Å². The molecular formula is C22H28O2. The topological polar surface area (TPSA) is 26.3 Å². The van der Waals surface area contributed by atoms with Crippen LogP contribution in [0.1, 0.15) is 59.3 Å². The summed E-state index contributed by atoms with van der Waals surface area (Å²) in [5.74, 6) is -0.130. The lowest BCUT2D eigenvalue weighted by molar-refractivity contribution is -0.146. The lowest BCUT2D eigenvalue weighted by Gasteiger charge is -2.49. The van der Waals surface area contributed by atoms with Gasteiger partial charge < -0.3 is 4.74 Å². The average Bonchev–Trinajstić information content (AvgIpc) is 2.95. The molecule has 4 aliphatic rings. The minimum atomic E-state index is -0.102. The molecule has 0 saturated carbocycles. The van der Waals surface area contributed by atoms with E-state index in [1.165, 1.54) is 35.1 Å². The van der Waals surface area contributed by atoms with Gasteiger partial charge in [-0.15, -0.1) is 0 Å². The van der Waals surface area contributed by atoms with Crippen molar-refractivity contribution in [2.75, 3.05) is 6.61 Å². The van der Waals surface area contributed by atoms with Crippen LogP contribution in [0.3, 0.4) is 0 Å². The molecule has 0 aromatic rings. The third-order valence-electron chi connectivity index (χ3n) is 6.83. The molecule has 2 nitrogen and oxygen atoms in total. The number of carbonyl (C=O) groups excluding carboxylic acids is 1. The fraction of sp³-hybridized carbons (Fsp3) is 0.591. The SMILES string of the molecule is CCOC(=O)[C@@H]1CC2=CCC=C[C@]2(C)C2=C1C1=CCC[C@@]1(C)CC2. The van der Waals surface area contributed by atoms with E-state index in [1.807, 2.05) is 6.92 Å². The van der Waals surface area contributed by atoms with Crippen LogP contribution >= 0.6 is 0 Å². The van der Waals surface area contributed by atoms with Gasteiger partial charge in [-0.2, -0.15) is 0 Å². The minimum Gasteiger partial charge on any atom is -0.466 e. The zero-order chi connectivity index (χ0) is 16.9. The number of allylic oxidation sites excluding steroid dienone is 7. The van der Waals surface area contributed by atoms with Crippen molar-refractivity contribution in [3.05, 3.63) is 46.6 Å². The van der Waals surface area contributed by atoms with Crippen molar-refractivity contribution in [3.63, 3.8) is 0 Å². The Morgan fingerprint density at radius 1 is 1.29 bits per heavy atom. The number of ether oxygens (including phenoxy) is 1. The third-order valence-corrected chi connectivity index (χ3v) is 6.83. The molecule has 0 aromatic heterocycles. The highest BCUT2D eigenvalue weighted by molar-refractivity contribution is 5.80. The van der Waals surface area contributed by atoms with Crippen molar-refractivity contribution in [2.45, 2.75) is 59.3 Å². The molecule has 3 atom stereocenters. The molecule has 0 unspecified atom stereocenters. The lowest BCUT2D eigenvalue weighted by atomic mass is 9.55. The van der Waals surface area contributed by atoms with Crippen molar-refractivity contribution in [3.8, 4) is 0 Å². The molecule has 4 aliphatic carbocycles. The van der Waals surface area contributed by atoms with Gasteiger partial charge in [0.2, 0.25) is 0 Å². The van der Waals surface area contributed by atoms with E-state index in [0.717, 1.165) is 25.7 Å².